The van der Waals surface area contributed by atoms with E-state index in [1.807, 2.05) is 31.2 Å². The maximum Gasteiger partial charge on any atom is 0.163 e. The molecule has 6 heteroatoms. The minimum absolute atomic E-state index is 0.133. The first kappa shape index (κ1) is 14.5. The van der Waals surface area contributed by atoms with Crippen LogP contribution in [-0.2, 0) is 6.54 Å². The summed E-state index contributed by atoms with van der Waals surface area (Å²) in [5, 5.41) is 9.22. The molecule has 120 valence electrons. The van der Waals surface area contributed by atoms with Crippen LogP contribution in [0.4, 0.5) is 0 Å². The normalized spacial score (nSPS) is 14.3. The molecule has 1 aromatic carbocycles. The second kappa shape index (κ2) is 5.85. The van der Waals surface area contributed by atoms with E-state index in [4.69, 9.17) is 14.5 Å². The molecule has 4 rings (SSSR count). The highest BCUT2D eigenvalue weighted by Gasteiger charge is 2.20. The van der Waals surface area contributed by atoms with Crippen molar-refractivity contribution < 1.29 is 9.47 Å². The average Bonchev–Trinajstić information content (AvgIpc) is 2.98. The van der Waals surface area contributed by atoms with Crippen molar-refractivity contribution in [3.8, 4) is 29.0 Å². The van der Waals surface area contributed by atoms with Crippen molar-refractivity contribution in [3.05, 3.63) is 36.7 Å². The second-order valence-electron chi connectivity index (χ2n) is 5.80. The van der Waals surface area contributed by atoms with E-state index in [0.29, 0.717) is 25.5 Å². The molecule has 0 spiro atoms. The largest absolute Gasteiger partial charge is 0.486 e. The highest BCUT2D eigenvalue weighted by Crippen LogP contribution is 2.36. The molecule has 0 N–H and O–H groups in total. The number of ether oxygens (including phenoxy) is 2. The van der Waals surface area contributed by atoms with Gasteiger partial charge in [0.2, 0.25) is 0 Å². The highest BCUT2D eigenvalue weighted by atomic mass is 16.6. The van der Waals surface area contributed by atoms with Gasteiger partial charge in [0.15, 0.2) is 11.5 Å². The first-order valence-corrected chi connectivity index (χ1v) is 7.86. The Labute approximate surface area is 139 Å². The lowest BCUT2D eigenvalue weighted by molar-refractivity contribution is 0.172. The third kappa shape index (κ3) is 2.44. The van der Waals surface area contributed by atoms with E-state index < -0.39 is 0 Å². The van der Waals surface area contributed by atoms with Gasteiger partial charge in [0.25, 0.3) is 0 Å². The van der Waals surface area contributed by atoms with Crippen molar-refractivity contribution in [1.82, 2.24) is 14.5 Å². The van der Waals surface area contributed by atoms with Gasteiger partial charge in [0, 0.05) is 36.6 Å². The Kier molecular flexibility index (Phi) is 3.54. The zero-order valence-corrected chi connectivity index (χ0v) is 13.3. The van der Waals surface area contributed by atoms with Crippen LogP contribution in [0.5, 0.6) is 11.5 Å². The standard InChI is InChI=1S/C18H16N4O2/c1-12(9-19)11-22-15-8-17-16(23-5-6-24-17)7-14(15)21-18(22)13-3-2-4-20-10-13/h2-4,7-8,10,12H,5-6,11H2,1H3. The van der Waals surface area contributed by atoms with Gasteiger partial charge in [-0.15, -0.1) is 0 Å². The van der Waals surface area contributed by atoms with Crippen LogP contribution in [0.1, 0.15) is 6.92 Å². The molecule has 1 unspecified atom stereocenters. The molecule has 6 nitrogen and oxygen atoms in total. The van der Waals surface area contributed by atoms with E-state index in [0.717, 1.165) is 28.2 Å². The number of hydrogen-bond donors (Lipinski definition) is 0. The van der Waals surface area contributed by atoms with Crippen LogP contribution in [0.25, 0.3) is 22.4 Å². The maximum absolute atomic E-state index is 9.22. The molecule has 0 saturated heterocycles. The summed E-state index contributed by atoms with van der Waals surface area (Å²) in [4.78, 5) is 8.94. The summed E-state index contributed by atoms with van der Waals surface area (Å²) in [7, 11) is 0. The summed E-state index contributed by atoms with van der Waals surface area (Å²) in [6.45, 7) is 3.53. The fourth-order valence-electron chi connectivity index (χ4n) is 2.88. The van der Waals surface area contributed by atoms with E-state index in [2.05, 4.69) is 15.6 Å². The van der Waals surface area contributed by atoms with Gasteiger partial charge in [-0.1, -0.05) is 0 Å². The van der Waals surface area contributed by atoms with E-state index in [1.165, 1.54) is 0 Å². The smallest absolute Gasteiger partial charge is 0.163 e. The van der Waals surface area contributed by atoms with Crippen LogP contribution in [0.2, 0.25) is 0 Å². The molecule has 1 aliphatic rings. The van der Waals surface area contributed by atoms with Crippen molar-refractivity contribution >= 4 is 11.0 Å². The van der Waals surface area contributed by atoms with Gasteiger partial charge in [0.1, 0.15) is 19.0 Å². The Morgan fingerprint density at radius 3 is 2.79 bits per heavy atom. The van der Waals surface area contributed by atoms with Crippen molar-refractivity contribution in [2.24, 2.45) is 5.92 Å². The highest BCUT2D eigenvalue weighted by molar-refractivity contribution is 5.84. The monoisotopic (exact) mass is 320 g/mol. The molecule has 0 amide bonds. The van der Waals surface area contributed by atoms with Crippen molar-refractivity contribution in [1.29, 1.82) is 5.26 Å². The molecule has 24 heavy (non-hydrogen) atoms. The lowest BCUT2D eigenvalue weighted by Gasteiger charge is -2.18. The third-order valence-electron chi connectivity index (χ3n) is 4.01. The number of imidazole rings is 1. The first-order chi connectivity index (χ1) is 11.8. The van der Waals surface area contributed by atoms with E-state index >= 15 is 0 Å². The Balaban J connectivity index is 1.93. The fourth-order valence-corrected chi connectivity index (χ4v) is 2.88. The maximum atomic E-state index is 9.22. The predicted molar refractivity (Wildman–Crippen MR) is 88.7 cm³/mol. The molecular weight excluding hydrogens is 304 g/mol. The van der Waals surface area contributed by atoms with Crippen LogP contribution in [0, 0.1) is 17.2 Å². The predicted octanol–water partition coefficient (Wildman–Crippen LogP) is 3.03. The van der Waals surface area contributed by atoms with Gasteiger partial charge >= 0.3 is 0 Å². The topological polar surface area (TPSA) is 73.0 Å². The summed E-state index contributed by atoms with van der Waals surface area (Å²) < 4.78 is 13.4. The van der Waals surface area contributed by atoms with Crippen molar-refractivity contribution in [3.63, 3.8) is 0 Å². The Hall–Kier alpha value is -3.07. The molecule has 0 radical (unpaired) electrons. The number of nitrogens with zero attached hydrogens (tertiary/aromatic N) is 4. The fraction of sp³-hybridized carbons (Fsp3) is 0.278. The van der Waals surface area contributed by atoms with Crippen molar-refractivity contribution in [2.45, 2.75) is 13.5 Å². The zero-order valence-electron chi connectivity index (χ0n) is 13.3. The summed E-state index contributed by atoms with van der Waals surface area (Å²) in [6, 6.07) is 9.98. The minimum Gasteiger partial charge on any atom is -0.486 e. The van der Waals surface area contributed by atoms with Gasteiger partial charge in [0.05, 0.1) is 23.0 Å². The SMILES string of the molecule is CC(C#N)Cn1c(-c2cccnc2)nc2cc3c(cc21)OCCO3. The first-order valence-electron chi connectivity index (χ1n) is 7.86. The van der Waals surface area contributed by atoms with Gasteiger partial charge in [-0.2, -0.15) is 5.26 Å². The van der Waals surface area contributed by atoms with Crippen molar-refractivity contribution in [2.75, 3.05) is 13.2 Å². The zero-order chi connectivity index (χ0) is 16.5. The van der Waals surface area contributed by atoms with Gasteiger partial charge in [-0.3, -0.25) is 4.98 Å². The number of rotatable bonds is 3. The van der Waals surface area contributed by atoms with E-state index in [-0.39, 0.29) is 5.92 Å². The van der Waals surface area contributed by atoms with E-state index in [1.54, 1.807) is 12.4 Å². The van der Waals surface area contributed by atoms with Crippen LogP contribution in [0.3, 0.4) is 0 Å². The molecule has 1 aliphatic heterocycles. The number of hydrogen-bond acceptors (Lipinski definition) is 5. The minimum atomic E-state index is -0.133. The van der Waals surface area contributed by atoms with Crippen LogP contribution < -0.4 is 9.47 Å². The lowest BCUT2D eigenvalue weighted by atomic mass is 10.2. The molecular formula is C18H16N4O2. The Morgan fingerprint density at radius 2 is 2.08 bits per heavy atom. The summed E-state index contributed by atoms with van der Waals surface area (Å²) in [5.41, 5.74) is 2.67. The number of aromatic nitrogens is 3. The van der Waals surface area contributed by atoms with Crippen LogP contribution in [-0.4, -0.2) is 27.7 Å². The van der Waals surface area contributed by atoms with Crippen LogP contribution >= 0.6 is 0 Å². The average molecular weight is 320 g/mol. The Morgan fingerprint density at radius 1 is 1.29 bits per heavy atom. The quantitative estimate of drug-likeness (QED) is 0.741. The number of nitriles is 1. The number of fused-ring (bicyclic) bond motifs is 2. The van der Waals surface area contributed by atoms with Crippen LogP contribution in [0.15, 0.2) is 36.7 Å². The molecule has 0 aliphatic carbocycles. The lowest BCUT2D eigenvalue weighted by Crippen LogP contribution is -2.15. The summed E-state index contributed by atoms with van der Waals surface area (Å²) in [6.07, 6.45) is 3.51. The number of pyridine rings is 1. The molecule has 0 fully saturated rings. The second-order valence-corrected chi connectivity index (χ2v) is 5.80. The summed E-state index contributed by atoms with van der Waals surface area (Å²) >= 11 is 0. The molecule has 0 bridgehead atoms. The molecule has 2 aromatic heterocycles. The summed E-state index contributed by atoms with van der Waals surface area (Å²) in [5.74, 6) is 2.09. The van der Waals surface area contributed by atoms with E-state index in [9.17, 15) is 5.26 Å². The van der Waals surface area contributed by atoms with Gasteiger partial charge < -0.3 is 14.0 Å². The molecule has 3 heterocycles. The Bertz CT molecular complexity index is 928. The molecule has 0 saturated carbocycles. The van der Waals surface area contributed by atoms with Gasteiger partial charge in [-0.05, 0) is 19.1 Å². The third-order valence-corrected chi connectivity index (χ3v) is 4.01. The molecule has 1 atom stereocenters. The van der Waals surface area contributed by atoms with Gasteiger partial charge in [-0.25, -0.2) is 4.98 Å². The number of benzene rings is 1. The molecule has 3 aromatic rings.